The minimum Gasteiger partial charge on any atom is -0.493 e. The van der Waals surface area contributed by atoms with Gasteiger partial charge in [-0.15, -0.1) is 0 Å². The molecule has 16 nitrogen and oxygen atoms in total. The van der Waals surface area contributed by atoms with Crippen molar-refractivity contribution in [1.29, 1.82) is 0 Å². The number of carbonyl (C=O) groups excluding carboxylic acids is 7. The molecule has 58 heavy (non-hydrogen) atoms. The van der Waals surface area contributed by atoms with Crippen molar-refractivity contribution in [2.24, 2.45) is 0 Å². The second-order valence-corrected chi connectivity index (χ2v) is 13.2. The zero-order chi connectivity index (χ0) is 41.8. The number of rotatable bonds is 18. The Morgan fingerprint density at radius 1 is 0.914 bits per heavy atom. The van der Waals surface area contributed by atoms with E-state index in [2.05, 4.69) is 16.0 Å². The number of benzene rings is 3. The standard InChI is InChI=1S/C42H44N4O12/c1-5-31-39(42(53)46(41(31)52)32-15-18-36(48)45-40(32)51)25(2)56-23-38(50)44-29-8-6-7-27(19-29)21-43-37(49)22-57-30-13-11-28(12-14-30)33(58-24-47)16-9-26-10-17-34(54-3)35(20-26)55-4/h5-8,10-14,17,19-20,24,32-33H,9,15-16,18,21-23H2,1-4H3,(H,43,49)(H,44,50)(H,45,48,51)/b31-5+,39-25-/t32?,33-/m1/s1. The van der Waals surface area contributed by atoms with Crippen molar-refractivity contribution in [3.63, 3.8) is 0 Å². The van der Waals surface area contributed by atoms with Crippen LogP contribution in [0.5, 0.6) is 17.2 Å². The second-order valence-electron chi connectivity index (χ2n) is 13.2. The number of likely N-dealkylation sites (tertiary alicyclic amines) is 1. The minimum atomic E-state index is -1.14. The number of allylic oxidation sites excluding steroid dienone is 2. The third kappa shape index (κ3) is 10.5. The van der Waals surface area contributed by atoms with E-state index in [1.165, 1.54) is 13.0 Å². The van der Waals surface area contributed by atoms with Crippen LogP contribution in [-0.2, 0) is 56.0 Å². The number of imide groups is 2. The highest BCUT2D eigenvalue weighted by molar-refractivity contribution is 6.26. The average Bonchev–Trinajstić information content (AvgIpc) is 3.48. The van der Waals surface area contributed by atoms with Gasteiger partial charge in [0.1, 0.15) is 23.7 Å². The summed E-state index contributed by atoms with van der Waals surface area (Å²) in [4.78, 5) is 87.8. The molecule has 2 atom stereocenters. The first-order valence-electron chi connectivity index (χ1n) is 18.4. The van der Waals surface area contributed by atoms with Crippen LogP contribution in [0.15, 0.2) is 89.7 Å². The van der Waals surface area contributed by atoms with Gasteiger partial charge >= 0.3 is 0 Å². The Bertz CT molecular complexity index is 2130. The number of nitrogens with zero attached hydrogens (tertiary/aromatic N) is 1. The fourth-order valence-corrected chi connectivity index (χ4v) is 6.48. The lowest BCUT2D eigenvalue weighted by Crippen LogP contribution is -2.54. The average molecular weight is 797 g/mol. The summed E-state index contributed by atoms with van der Waals surface area (Å²) in [6.45, 7) is 2.81. The van der Waals surface area contributed by atoms with Gasteiger partial charge in [-0.25, -0.2) is 0 Å². The number of ether oxygens (including phenoxy) is 5. The molecular weight excluding hydrogens is 752 g/mol. The van der Waals surface area contributed by atoms with Crippen LogP contribution >= 0.6 is 0 Å². The smallest absolute Gasteiger partial charge is 0.293 e. The van der Waals surface area contributed by atoms with E-state index in [4.69, 9.17) is 23.7 Å². The monoisotopic (exact) mass is 796 g/mol. The molecule has 5 rings (SSSR count). The molecule has 16 heteroatoms. The van der Waals surface area contributed by atoms with Crippen molar-refractivity contribution in [2.75, 3.05) is 32.8 Å². The van der Waals surface area contributed by atoms with Gasteiger partial charge in [0.25, 0.3) is 30.1 Å². The van der Waals surface area contributed by atoms with Gasteiger partial charge in [0.2, 0.25) is 11.8 Å². The van der Waals surface area contributed by atoms with E-state index in [0.717, 1.165) is 16.0 Å². The van der Waals surface area contributed by atoms with Crippen LogP contribution in [0.2, 0.25) is 0 Å². The fraction of sp³-hybridized carbons (Fsp3) is 0.310. The number of aryl methyl sites for hydroxylation is 1. The van der Waals surface area contributed by atoms with Gasteiger partial charge < -0.3 is 34.3 Å². The number of hydrogen-bond acceptors (Lipinski definition) is 12. The Balaban J connectivity index is 1.08. The summed E-state index contributed by atoms with van der Waals surface area (Å²) >= 11 is 0. The summed E-state index contributed by atoms with van der Waals surface area (Å²) in [5.41, 5.74) is 2.81. The van der Waals surface area contributed by atoms with Crippen LogP contribution in [-0.4, -0.2) is 80.3 Å². The zero-order valence-corrected chi connectivity index (χ0v) is 32.5. The highest BCUT2D eigenvalue weighted by Gasteiger charge is 2.47. The van der Waals surface area contributed by atoms with Crippen LogP contribution in [0, 0.1) is 0 Å². The number of carbonyl (C=O) groups is 7. The van der Waals surface area contributed by atoms with Crippen molar-refractivity contribution in [3.8, 4) is 17.2 Å². The predicted molar refractivity (Wildman–Crippen MR) is 207 cm³/mol. The van der Waals surface area contributed by atoms with Crippen molar-refractivity contribution in [1.82, 2.24) is 15.5 Å². The number of hydrogen-bond donors (Lipinski definition) is 3. The summed E-state index contributed by atoms with van der Waals surface area (Å²) in [6, 6.07) is 18.2. The predicted octanol–water partition coefficient (Wildman–Crippen LogP) is 3.60. The molecule has 3 N–H and O–H groups in total. The maximum absolute atomic E-state index is 13.3. The molecule has 0 spiro atoms. The van der Waals surface area contributed by atoms with E-state index >= 15 is 0 Å². The van der Waals surface area contributed by atoms with Gasteiger partial charge in [-0.3, -0.25) is 43.8 Å². The van der Waals surface area contributed by atoms with Crippen molar-refractivity contribution < 1.29 is 57.2 Å². The van der Waals surface area contributed by atoms with Gasteiger partial charge in [-0.2, -0.15) is 0 Å². The lowest BCUT2D eigenvalue weighted by molar-refractivity contribution is -0.149. The van der Waals surface area contributed by atoms with Gasteiger partial charge in [0.15, 0.2) is 24.7 Å². The number of piperidine rings is 1. The SMILES string of the molecule is C/C=C1/C(=O)N(C2CCC(=O)NC2=O)C(=O)/C1=C(/C)OCC(=O)Nc1cccc(CNC(=O)COc2ccc([C@@H](CCc3ccc(OC)c(OC)c3)OC=O)cc2)c1. The van der Waals surface area contributed by atoms with Crippen molar-refractivity contribution in [2.45, 2.75) is 58.2 Å². The first-order chi connectivity index (χ1) is 28.0. The van der Waals surface area contributed by atoms with E-state index in [1.807, 2.05) is 18.2 Å². The summed E-state index contributed by atoms with van der Waals surface area (Å²) in [7, 11) is 3.13. The molecule has 0 aromatic heterocycles. The van der Waals surface area contributed by atoms with Crippen molar-refractivity contribution in [3.05, 3.63) is 106 Å². The van der Waals surface area contributed by atoms with E-state index in [-0.39, 0.29) is 48.8 Å². The van der Waals surface area contributed by atoms with Gasteiger partial charge in [0.05, 0.1) is 25.4 Å². The largest absolute Gasteiger partial charge is 0.493 e. The van der Waals surface area contributed by atoms with Crippen LogP contribution in [0.4, 0.5) is 5.69 Å². The molecule has 0 aliphatic carbocycles. The quantitative estimate of drug-likeness (QED) is 0.0732. The first-order valence-corrected chi connectivity index (χ1v) is 18.4. The van der Waals surface area contributed by atoms with Gasteiger partial charge in [-0.05, 0) is 86.2 Å². The zero-order valence-electron chi connectivity index (χ0n) is 32.5. The summed E-state index contributed by atoms with van der Waals surface area (Å²) < 4.78 is 27.3. The molecule has 2 saturated heterocycles. The van der Waals surface area contributed by atoms with Crippen LogP contribution < -0.4 is 30.2 Å². The van der Waals surface area contributed by atoms with E-state index < -0.39 is 48.3 Å². The molecule has 304 valence electrons. The van der Waals surface area contributed by atoms with Gasteiger partial charge in [-0.1, -0.05) is 36.4 Å². The molecule has 0 saturated carbocycles. The molecule has 0 bridgehead atoms. The second kappa shape index (κ2) is 19.8. The third-order valence-electron chi connectivity index (χ3n) is 9.42. The maximum atomic E-state index is 13.3. The molecule has 2 aliphatic rings. The lowest BCUT2D eigenvalue weighted by atomic mass is 10.0. The minimum absolute atomic E-state index is 0.00698. The maximum Gasteiger partial charge on any atom is 0.293 e. The molecule has 2 heterocycles. The molecule has 0 radical (unpaired) electrons. The topological polar surface area (TPSA) is 205 Å². The third-order valence-corrected chi connectivity index (χ3v) is 9.42. The van der Waals surface area contributed by atoms with Crippen LogP contribution in [0.25, 0.3) is 0 Å². The van der Waals surface area contributed by atoms with E-state index in [0.29, 0.717) is 47.8 Å². The highest BCUT2D eigenvalue weighted by atomic mass is 16.5. The summed E-state index contributed by atoms with van der Waals surface area (Å²) in [5, 5.41) is 7.62. The lowest BCUT2D eigenvalue weighted by Gasteiger charge is -2.27. The summed E-state index contributed by atoms with van der Waals surface area (Å²) in [6.07, 6.45) is 2.05. The Kier molecular flexibility index (Phi) is 14.4. The highest BCUT2D eigenvalue weighted by Crippen LogP contribution is 2.33. The van der Waals surface area contributed by atoms with E-state index in [9.17, 15) is 33.6 Å². The Morgan fingerprint density at radius 3 is 2.36 bits per heavy atom. The molecule has 1 unspecified atom stereocenters. The molecular formula is C42H44N4O12. The fourth-order valence-electron chi connectivity index (χ4n) is 6.48. The Morgan fingerprint density at radius 2 is 1.67 bits per heavy atom. The number of nitrogens with one attached hydrogen (secondary N) is 3. The number of anilines is 1. The van der Waals surface area contributed by atoms with Crippen LogP contribution in [0.3, 0.4) is 0 Å². The Hall–Kier alpha value is -6.97. The normalized spacial score (nSPS) is 17.3. The van der Waals surface area contributed by atoms with Crippen LogP contribution in [0.1, 0.15) is 55.9 Å². The molecule has 3 aromatic rings. The molecule has 2 aliphatic heterocycles. The number of amides is 6. The molecule has 2 fully saturated rings. The van der Waals surface area contributed by atoms with E-state index in [1.54, 1.807) is 69.7 Å². The molecule has 3 aromatic carbocycles. The van der Waals surface area contributed by atoms with Gasteiger partial charge in [0, 0.05) is 18.7 Å². The molecule has 6 amide bonds. The summed E-state index contributed by atoms with van der Waals surface area (Å²) in [5.74, 6) is -1.90. The number of methoxy groups -OCH3 is 2. The van der Waals surface area contributed by atoms with Crippen molar-refractivity contribution >= 4 is 47.6 Å². The first kappa shape index (κ1) is 42.2. The Labute approximate surface area is 334 Å².